The molecule has 3 aromatic carbocycles. The lowest BCUT2D eigenvalue weighted by Gasteiger charge is -2.25. The van der Waals surface area contributed by atoms with Crippen LogP contribution in [0.4, 0.5) is 0 Å². The van der Waals surface area contributed by atoms with Crippen molar-refractivity contribution in [3.63, 3.8) is 0 Å². The standard InChI is InChI=1S/C32H42O2Si2/c1-3-35(23-25-12-7-5-8-13-25)33-30-19-18-27-20-28-16-11-17-32(31(28)22-29(27)21-30)34-36(4-2)24-26-14-9-6-10-15-26/h3-4,11,16-22,25-26,35-36H,1-2,5-10,12-15,23-24H2. The minimum absolute atomic E-state index is 0.819. The monoisotopic (exact) mass is 514 g/mol. The molecule has 2 aliphatic rings. The van der Waals surface area contributed by atoms with E-state index >= 15 is 0 Å². The fourth-order valence-electron chi connectivity index (χ4n) is 6.38. The van der Waals surface area contributed by atoms with Crippen LogP contribution in [0.15, 0.2) is 73.1 Å². The predicted molar refractivity (Wildman–Crippen MR) is 160 cm³/mol. The molecule has 2 aliphatic carbocycles. The number of hydrogen-bond acceptors (Lipinski definition) is 2. The fourth-order valence-corrected chi connectivity index (χ4v) is 10.4. The molecule has 2 unspecified atom stereocenters. The van der Waals surface area contributed by atoms with Crippen molar-refractivity contribution in [2.45, 2.75) is 76.3 Å². The van der Waals surface area contributed by atoms with Gasteiger partial charge in [-0.25, -0.2) is 0 Å². The number of rotatable bonds is 10. The molecule has 0 radical (unpaired) electrons. The highest BCUT2D eigenvalue weighted by molar-refractivity contribution is 6.58. The highest BCUT2D eigenvalue weighted by Gasteiger charge is 2.22. The van der Waals surface area contributed by atoms with E-state index in [2.05, 4.69) is 73.1 Å². The molecular weight excluding hydrogens is 473 g/mol. The third kappa shape index (κ3) is 6.33. The molecule has 0 amide bonds. The average molecular weight is 515 g/mol. The van der Waals surface area contributed by atoms with Gasteiger partial charge in [0, 0.05) is 5.39 Å². The first-order valence-corrected chi connectivity index (χ1v) is 18.2. The number of hydrogen-bond donors (Lipinski definition) is 0. The lowest BCUT2D eigenvalue weighted by Crippen LogP contribution is -2.24. The van der Waals surface area contributed by atoms with Gasteiger partial charge in [0.05, 0.1) is 0 Å². The van der Waals surface area contributed by atoms with Crippen molar-refractivity contribution in [2.24, 2.45) is 11.8 Å². The third-order valence-corrected chi connectivity index (χ3v) is 12.9. The molecule has 0 spiro atoms. The lowest BCUT2D eigenvalue weighted by molar-refractivity contribution is 0.375. The van der Waals surface area contributed by atoms with Gasteiger partial charge in [0.1, 0.15) is 11.5 Å². The van der Waals surface area contributed by atoms with Crippen LogP contribution in [-0.4, -0.2) is 18.1 Å². The molecule has 0 aromatic heterocycles. The van der Waals surface area contributed by atoms with Crippen molar-refractivity contribution in [3.05, 3.63) is 73.1 Å². The molecule has 2 saturated carbocycles. The summed E-state index contributed by atoms with van der Waals surface area (Å²) < 4.78 is 13.3. The SMILES string of the molecule is C=C[SiH](CC1CCCCC1)Oc1ccc2cc3cccc(O[SiH](C=C)CC4CCCCC4)c3cc2c1. The summed E-state index contributed by atoms with van der Waals surface area (Å²) in [6.07, 6.45) is 13.8. The zero-order valence-corrected chi connectivity index (χ0v) is 24.1. The first-order valence-electron chi connectivity index (χ1n) is 14.3. The van der Waals surface area contributed by atoms with Crippen LogP contribution in [0.2, 0.25) is 12.1 Å². The van der Waals surface area contributed by atoms with E-state index < -0.39 is 18.1 Å². The first-order chi connectivity index (χ1) is 17.7. The molecule has 3 aromatic rings. The van der Waals surface area contributed by atoms with Crippen molar-refractivity contribution >= 4 is 39.6 Å². The topological polar surface area (TPSA) is 18.5 Å². The van der Waals surface area contributed by atoms with Crippen molar-refractivity contribution < 1.29 is 8.85 Å². The second kappa shape index (κ2) is 12.3. The van der Waals surface area contributed by atoms with Crippen LogP contribution in [-0.2, 0) is 0 Å². The van der Waals surface area contributed by atoms with E-state index in [-0.39, 0.29) is 0 Å². The van der Waals surface area contributed by atoms with Crippen LogP contribution in [0.3, 0.4) is 0 Å². The first kappa shape index (κ1) is 25.3. The summed E-state index contributed by atoms with van der Waals surface area (Å²) in [6, 6.07) is 20.0. The molecule has 0 aliphatic heterocycles. The molecule has 0 heterocycles. The van der Waals surface area contributed by atoms with Crippen LogP contribution in [0.5, 0.6) is 11.5 Å². The fraction of sp³-hybridized carbons (Fsp3) is 0.438. The quantitative estimate of drug-likeness (QED) is 0.199. The molecule has 190 valence electrons. The molecule has 0 N–H and O–H groups in total. The van der Waals surface area contributed by atoms with Gasteiger partial charge in [-0.3, -0.25) is 0 Å². The van der Waals surface area contributed by atoms with E-state index in [9.17, 15) is 0 Å². The second-order valence-electron chi connectivity index (χ2n) is 11.1. The Balaban J connectivity index is 1.35. The van der Waals surface area contributed by atoms with Gasteiger partial charge in [-0.1, -0.05) is 93.8 Å². The molecule has 2 nitrogen and oxygen atoms in total. The van der Waals surface area contributed by atoms with Crippen molar-refractivity contribution in [3.8, 4) is 11.5 Å². The molecule has 5 rings (SSSR count). The molecule has 0 saturated heterocycles. The van der Waals surface area contributed by atoms with E-state index in [4.69, 9.17) is 8.85 Å². The zero-order chi connectivity index (χ0) is 24.7. The number of benzene rings is 3. The molecular formula is C32H42O2Si2. The van der Waals surface area contributed by atoms with Gasteiger partial charge in [-0.2, -0.15) is 0 Å². The molecule has 2 atom stereocenters. The van der Waals surface area contributed by atoms with Crippen LogP contribution < -0.4 is 8.85 Å². The molecule has 4 heteroatoms. The smallest absolute Gasteiger partial charge is 0.259 e. The van der Waals surface area contributed by atoms with E-state index in [0.717, 1.165) is 23.3 Å². The van der Waals surface area contributed by atoms with Gasteiger partial charge in [0.25, 0.3) is 18.1 Å². The summed E-state index contributed by atoms with van der Waals surface area (Å²) in [7, 11) is -2.96. The van der Waals surface area contributed by atoms with Gasteiger partial charge < -0.3 is 8.85 Å². The second-order valence-corrected chi connectivity index (χ2v) is 15.6. The van der Waals surface area contributed by atoms with Gasteiger partial charge in [0.15, 0.2) is 0 Å². The Bertz CT molecular complexity index is 1180. The van der Waals surface area contributed by atoms with Crippen LogP contribution in [0.25, 0.3) is 21.5 Å². The maximum Gasteiger partial charge on any atom is 0.259 e. The van der Waals surface area contributed by atoms with Crippen molar-refractivity contribution in [1.82, 2.24) is 0 Å². The summed E-state index contributed by atoms with van der Waals surface area (Å²) in [6.45, 7) is 8.29. The Morgan fingerprint density at radius 3 is 1.94 bits per heavy atom. The van der Waals surface area contributed by atoms with Gasteiger partial charge in [-0.05, 0) is 70.4 Å². The highest BCUT2D eigenvalue weighted by atomic mass is 28.3. The largest absolute Gasteiger partial charge is 0.543 e. The normalized spacial score (nSPS) is 19.1. The molecule has 36 heavy (non-hydrogen) atoms. The van der Waals surface area contributed by atoms with Crippen molar-refractivity contribution in [1.29, 1.82) is 0 Å². The van der Waals surface area contributed by atoms with Gasteiger partial charge in [0.2, 0.25) is 0 Å². The van der Waals surface area contributed by atoms with Crippen molar-refractivity contribution in [2.75, 3.05) is 0 Å². The minimum Gasteiger partial charge on any atom is -0.543 e. The van der Waals surface area contributed by atoms with Crippen LogP contribution in [0, 0.1) is 11.8 Å². The van der Waals surface area contributed by atoms with Gasteiger partial charge in [-0.15, -0.1) is 13.2 Å². The summed E-state index contributed by atoms with van der Waals surface area (Å²) in [5, 5.41) is 4.90. The Morgan fingerprint density at radius 2 is 1.31 bits per heavy atom. The maximum absolute atomic E-state index is 6.71. The van der Waals surface area contributed by atoms with Crippen LogP contribution in [0.1, 0.15) is 64.2 Å². The van der Waals surface area contributed by atoms with Crippen LogP contribution >= 0.6 is 0 Å². The Labute approximate surface area is 220 Å². The van der Waals surface area contributed by atoms with E-state index in [1.54, 1.807) is 0 Å². The molecule has 2 fully saturated rings. The summed E-state index contributed by atoms with van der Waals surface area (Å²) in [5.74, 6) is 3.65. The Morgan fingerprint density at radius 1 is 0.667 bits per heavy atom. The lowest BCUT2D eigenvalue weighted by atomic mass is 9.91. The van der Waals surface area contributed by atoms with E-state index in [1.165, 1.54) is 97.8 Å². The zero-order valence-electron chi connectivity index (χ0n) is 21.8. The summed E-state index contributed by atoms with van der Waals surface area (Å²) in [5.41, 5.74) is 4.25. The highest BCUT2D eigenvalue weighted by Crippen LogP contribution is 2.34. The van der Waals surface area contributed by atoms with E-state index in [0.29, 0.717) is 0 Å². The Kier molecular flexibility index (Phi) is 8.65. The molecule has 0 bridgehead atoms. The average Bonchev–Trinajstić information content (AvgIpc) is 2.92. The van der Waals surface area contributed by atoms with E-state index in [1.807, 2.05) is 0 Å². The number of fused-ring (bicyclic) bond motifs is 2. The third-order valence-electron chi connectivity index (χ3n) is 8.44. The summed E-state index contributed by atoms with van der Waals surface area (Å²) >= 11 is 0. The predicted octanol–water partition coefficient (Wildman–Crippen LogP) is 8.81. The van der Waals surface area contributed by atoms with Gasteiger partial charge >= 0.3 is 0 Å². The Hall–Kier alpha value is -2.31. The minimum atomic E-state index is -1.50. The summed E-state index contributed by atoms with van der Waals surface area (Å²) in [4.78, 5) is 0. The maximum atomic E-state index is 6.71.